The minimum absolute atomic E-state index is 0. The topological polar surface area (TPSA) is 41.5 Å². The number of aliphatic hydroxyl groups is 1. The third-order valence-electron chi connectivity index (χ3n) is 4.20. The summed E-state index contributed by atoms with van der Waals surface area (Å²) in [7, 11) is 0. The Labute approximate surface area is 152 Å². The average molecular weight is 372 g/mol. The monoisotopic (exact) mass is 371 g/mol. The quantitative estimate of drug-likeness (QED) is 0.865. The molecule has 2 atom stereocenters. The van der Waals surface area contributed by atoms with Gasteiger partial charge in [0.25, 0.3) is 0 Å². The van der Waals surface area contributed by atoms with Crippen LogP contribution >= 0.6 is 24.0 Å². The van der Waals surface area contributed by atoms with Crippen LogP contribution in [0.4, 0.5) is 4.39 Å². The largest absolute Gasteiger partial charge is 0.382 e. The molecule has 2 N–H and O–H groups in total. The second kappa shape index (κ2) is 8.28. The van der Waals surface area contributed by atoms with E-state index in [1.807, 2.05) is 18.2 Å². The maximum Gasteiger partial charge on any atom is 0.123 e. The molecule has 1 heterocycles. The summed E-state index contributed by atoms with van der Waals surface area (Å²) in [6.45, 7) is 1.74. The van der Waals surface area contributed by atoms with Gasteiger partial charge in [-0.1, -0.05) is 41.9 Å². The highest BCUT2D eigenvalue weighted by Crippen LogP contribution is 2.34. The SMILES string of the molecule is Cl.O[C@@](Cc1ccccc1Cl)(c1cccc(F)c1)[C@H]1CNCCO1. The second-order valence-electron chi connectivity index (χ2n) is 5.77. The van der Waals surface area contributed by atoms with Gasteiger partial charge in [-0.2, -0.15) is 0 Å². The molecule has 0 amide bonds. The van der Waals surface area contributed by atoms with Crippen LogP contribution in [0.5, 0.6) is 0 Å². The van der Waals surface area contributed by atoms with Crippen LogP contribution in [-0.2, 0) is 16.8 Å². The lowest BCUT2D eigenvalue weighted by Gasteiger charge is -2.39. The zero-order chi connectivity index (χ0) is 16.3. The molecule has 24 heavy (non-hydrogen) atoms. The van der Waals surface area contributed by atoms with Crippen molar-refractivity contribution in [1.29, 1.82) is 0 Å². The fourth-order valence-corrected chi connectivity index (χ4v) is 3.17. The summed E-state index contributed by atoms with van der Waals surface area (Å²) in [5.41, 5.74) is -0.0678. The number of halogens is 3. The van der Waals surface area contributed by atoms with Crippen molar-refractivity contribution in [3.05, 3.63) is 70.5 Å². The third kappa shape index (κ3) is 4.08. The highest BCUT2D eigenvalue weighted by Gasteiger charge is 2.41. The predicted molar refractivity (Wildman–Crippen MR) is 95.3 cm³/mol. The van der Waals surface area contributed by atoms with E-state index in [4.69, 9.17) is 16.3 Å². The van der Waals surface area contributed by atoms with E-state index in [0.29, 0.717) is 23.7 Å². The Hall–Kier alpha value is -1.17. The maximum absolute atomic E-state index is 13.7. The van der Waals surface area contributed by atoms with Crippen molar-refractivity contribution < 1.29 is 14.2 Å². The summed E-state index contributed by atoms with van der Waals surface area (Å²) < 4.78 is 19.5. The molecule has 2 aromatic carbocycles. The number of hydrogen-bond acceptors (Lipinski definition) is 3. The Kier molecular flexibility index (Phi) is 6.61. The van der Waals surface area contributed by atoms with Crippen LogP contribution in [0, 0.1) is 5.82 Å². The lowest BCUT2D eigenvalue weighted by atomic mass is 9.82. The van der Waals surface area contributed by atoms with Gasteiger partial charge in [0.2, 0.25) is 0 Å². The first kappa shape index (κ1) is 19.2. The van der Waals surface area contributed by atoms with Crippen molar-refractivity contribution in [1.82, 2.24) is 5.32 Å². The Morgan fingerprint density at radius 1 is 1.25 bits per heavy atom. The van der Waals surface area contributed by atoms with Gasteiger partial charge in [0.1, 0.15) is 17.5 Å². The van der Waals surface area contributed by atoms with Gasteiger partial charge in [-0.05, 0) is 29.3 Å². The molecule has 1 fully saturated rings. The van der Waals surface area contributed by atoms with Crippen LogP contribution in [0.1, 0.15) is 11.1 Å². The summed E-state index contributed by atoms with van der Waals surface area (Å²) in [5, 5.41) is 15.2. The van der Waals surface area contributed by atoms with Crippen LogP contribution in [0.3, 0.4) is 0 Å². The molecule has 0 aromatic heterocycles. The number of nitrogens with one attached hydrogen (secondary N) is 1. The summed E-state index contributed by atoms with van der Waals surface area (Å²) >= 11 is 6.25. The molecular weight excluding hydrogens is 352 g/mol. The van der Waals surface area contributed by atoms with E-state index in [-0.39, 0.29) is 24.6 Å². The predicted octanol–water partition coefficient (Wildman–Crippen LogP) is 3.32. The highest BCUT2D eigenvalue weighted by molar-refractivity contribution is 6.31. The first-order chi connectivity index (χ1) is 11.1. The minimum Gasteiger partial charge on any atom is -0.382 e. The molecule has 0 saturated carbocycles. The molecule has 1 saturated heterocycles. The molecule has 0 spiro atoms. The van der Waals surface area contributed by atoms with Gasteiger partial charge in [-0.15, -0.1) is 12.4 Å². The number of ether oxygens (including phenoxy) is 1. The zero-order valence-corrected chi connectivity index (χ0v) is 14.6. The van der Waals surface area contributed by atoms with Crippen molar-refractivity contribution in [3.63, 3.8) is 0 Å². The van der Waals surface area contributed by atoms with Crippen LogP contribution in [0.2, 0.25) is 5.02 Å². The minimum atomic E-state index is -1.36. The first-order valence-electron chi connectivity index (χ1n) is 7.64. The lowest BCUT2D eigenvalue weighted by molar-refractivity contribution is -0.124. The summed E-state index contributed by atoms with van der Waals surface area (Å²) in [4.78, 5) is 0. The van der Waals surface area contributed by atoms with Crippen molar-refractivity contribution in [3.8, 4) is 0 Å². The summed E-state index contributed by atoms with van der Waals surface area (Å²) in [6, 6.07) is 13.4. The molecule has 6 heteroatoms. The molecule has 2 aromatic rings. The number of benzene rings is 2. The van der Waals surface area contributed by atoms with E-state index in [1.165, 1.54) is 12.1 Å². The number of morpholine rings is 1. The Bertz CT molecular complexity index is 680. The van der Waals surface area contributed by atoms with Crippen molar-refractivity contribution in [2.24, 2.45) is 0 Å². The smallest absolute Gasteiger partial charge is 0.123 e. The standard InChI is InChI=1S/C18H19ClFNO2.ClH/c19-16-7-2-1-4-13(16)11-18(22,17-12-21-8-9-23-17)14-5-3-6-15(20)10-14;/h1-7,10,17,21-22H,8-9,11-12H2;1H/t17-,18+;/m1./s1. The second-order valence-corrected chi connectivity index (χ2v) is 6.17. The van der Waals surface area contributed by atoms with E-state index >= 15 is 0 Å². The van der Waals surface area contributed by atoms with E-state index < -0.39 is 11.7 Å². The van der Waals surface area contributed by atoms with Crippen molar-refractivity contribution in [2.75, 3.05) is 19.7 Å². The van der Waals surface area contributed by atoms with Gasteiger partial charge in [0.15, 0.2) is 0 Å². The van der Waals surface area contributed by atoms with E-state index in [0.717, 1.165) is 12.1 Å². The van der Waals surface area contributed by atoms with Crippen LogP contribution in [0.15, 0.2) is 48.5 Å². The van der Waals surface area contributed by atoms with Gasteiger partial charge in [0, 0.05) is 24.5 Å². The molecule has 130 valence electrons. The van der Waals surface area contributed by atoms with Gasteiger partial charge in [-0.3, -0.25) is 0 Å². The molecule has 0 aliphatic carbocycles. The Balaban J connectivity index is 0.00000208. The molecule has 0 unspecified atom stereocenters. The van der Waals surface area contributed by atoms with Crippen molar-refractivity contribution >= 4 is 24.0 Å². The highest BCUT2D eigenvalue weighted by atomic mass is 35.5. The third-order valence-corrected chi connectivity index (χ3v) is 4.57. The lowest BCUT2D eigenvalue weighted by Crippen LogP contribution is -2.52. The summed E-state index contributed by atoms with van der Waals surface area (Å²) in [6.07, 6.45) is -0.225. The molecule has 0 bridgehead atoms. The molecule has 1 aliphatic rings. The van der Waals surface area contributed by atoms with Gasteiger partial charge < -0.3 is 15.2 Å². The maximum atomic E-state index is 13.7. The van der Waals surface area contributed by atoms with Crippen LogP contribution in [-0.4, -0.2) is 30.9 Å². The Morgan fingerprint density at radius 3 is 2.71 bits per heavy atom. The summed E-state index contributed by atoms with van der Waals surface area (Å²) in [5.74, 6) is -0.385. The van der Waals surface area contributed by atoms with Gasteiger partial charge in [0.05, 0.1) is 6.61 Å². The van der Waals surface area contributed by atoms with Gasteiger partial charge >= 0.3 is 0 Å². The first-order valence-corrected chi connectivity index (χ1v) is 8.01. The molecule has 1 aliphatic heterocycles. The normalized spacial score (nSPS) is 20.0. The van der Waals surface area contributed by atoms with Crippen molar-refractivity contribution in [2.45, 2.75) is 18.1 Å². The van der Waals surface area contributed by atoms with Crippen LogP contribution in [0.25, 0.3) is 0 Å². The fraction of sp³-hybridized carbons (Fsp3) is 0.333. The van der Waals surface area contributed by atoms with E-state index in [1.54, 1.807) is 18.2 Å². The number of rotatable bonds is 4. The molecule has 3 nitrogen and oxygen atoms in total. The Morgan fingerprint density at radius 2 is 2.04 bits per heavy atom. The molecule has 0 radical (unpaired) electrons. The average Bonchev–Trinajstić information content (AvgIpc) is 2.58. The van der Waals surface area contributed by atoms with Gasteiger partial charge in [-0.25, -0.2) is 4.39 Å². The molecular formula is C18H20Cl2FNO2. The van der Waals surface area contributed by atoms with E-state index in [9.17, 15) is 9.50 Å². The van der Waals surface area contributed by atoms with E-state index in [2.05, 4.69) is 5.32 Å². The zero-order valence-electron chi connectivity index (χ0n) is 13.0. The van der Waals surface area contributed by atoms with Crippen LogP contribution < -0.4 is 5.32 Å². The number of hydrogen-bond donors (Lipinski definition) is 2. The fourth-order valence-electron chi connectivity index (χ4n) is 2.96. The molecule has 3 rings (SSSR count).